The van der Waals surface area contributed by atoms with Gasteiger partial charge in [0.1, 0.15) is 5.82 Å². The van der Waals surface area contributed by atoms with Gasteiger partial charge in [-0.3, -0.25) is 0 Å². The van der Waals surface area contributed by atoms with Gasteiger partial charge in [-0.15, -0.1) is 0 Å². The fourth-order valence-corrected chi connectivity index (χ4v) is 1.20. The average molecular weight is 191 g/mol. The number of halogens is 1. The van der Waals surface area contributed by atoms with Gasteiger partial charge in [0.2, 0.25) is 0 Å². The second-order valence-corrected chi connectivity index (χ2v) is 2.93. The molecule has 1 heterocycles. The number of nitrogens with two attached hydrogens (primary N) is 1. The van der Waals surface area contributed by atoms with Gasteiger partial charge < -0.3 is 16.0 Å². The van der Waals surface area contributed by atoms with Crippen LogP contribution >= 0.6 is 0 Å². The third kappa shape index (κ3) is 1.54. The van der Waals surface area contributed by atoms with Gasteiger partial charge in [0.25, 0.3) is 0 Å². The number of para-hydroxylation sites is 1. The number of rotatable bonds is 2. The van der Waals surface area contributed by atoms with Crippen molar-refractivity contribution < 1.29 is 4.39 Å². The van der Waals surface area contributed by atoms with E-state index in [-0.39, 0.29) is 5.69 Å². The Kier molecular flexibility index (Phi) is 2.10. The van der Waals surface area contributed by atoms with Crippen LogP contribution in [0.2, 0.25) is 0 Å². The highest BCUT2D eigenvalue weighted by Gasteiger charge is 2.03. The summed E-state index contributed by atoms with van der Waals surface area (Å²) in [5.74, 6) is -0.412. The van der Waals surface area contributed by atoms with Crippen molar-refractivity contribution >= 4 is 17.1 Å². The summed E-state index contributed by atoms with van der Waals surface area (Å²) >= 11 is 0. The number of hydrogen-bond donors (Lipinski definition) is 3. The lowest BCUT2D eigenvalue weighted by Gasteiger charge is -2.07. The highest BCUT2D eigenvalue weighted by molar-refractivity contribution is 5.72. The fourth-order valence-electron chi connectivity index (χ4n) is 1.20. The third-order valence-electron chi connectivity index (χ3n) is 1.93. The Labute approximate surface area is 80.8 Å². The number of hydrogen-bond acceptors (Lipinski definition) is 2. The first kappa shape index (κ1) is 8.62. The predicted octanol–water partition coefficient (Wildman–Crippen LogP) is 2.48. The fraction of sp³-hybridized carbons (Fsp3) is 0. The van der Waals surface area contributed by atoms with E-state index in [4.69, 9.17) is 5.73 Å². The van der Waals surface area contributed by atoms with Crippen LogP contribution in [-0.2, 0) is 0 Å². The van der Waals surface area contributed by atoms with Crippen LogP contribution in [0.4, 0.5) is 21.5 Å². The van der Waals surface area contributed by atoms with E-state index < -0.39 is 5.82 Å². The van der Waals surface area contributed by atoms with Crippen molar-refractivity contribution in [1.82, 2.24) is 4.98 Å². The van der Waals surface area contributed by atoms with E-state index in [0.29, 0.717) is 5.69 Å². The van der Waals surface area contributed by atoms with E-state index in [1.807, 2.05) is 6.07 Å². The summed E-state index contributed by atoms with van der Waals surface area (Å²) in [4.78, 5) is 2.89. The van der Waals surface area contributed by atoms with Crippen molar-refractivity contribution in [3.05, 3.63) is 42.5 Å². The van der Waals surface area contributed by atoms with Crippen LogP contribution in [0.1, 0.15) is 0 Å². The second kappa shape index (κ2) is 3.41. The summed E-state index contributed by atoms with van der Waals surface area (Å²) < 4.78 is 13.0. The van der Waals surface area contributed by atoms with Crippen molar-refractivity contribution in [1.29, 1.82) is 0 Å². The molecule has 0 fully saturated rings. The lowest BCUT2D eigenvalue weighted by atomic mass is 10.2. The molecule has 1 aromatic heterocycles. The smallest absolute Gasteiger partial charge is 0.148 e. The normalized spacial score (nSPS) is 10.1. The van der Waals surface area contributed by atoms with Crippen LogP contribution in [-0.4, -0.2) is 4.98 Å². The van der Waals surface area contributed by atoms with Crippen LogP contribution in [0.3, 0.4) is 0 Å². The maximum absolute atomic E-state index is 13.0. The minimum Gasteiger partial charge on any atom is -0.395 e. The summed E-state index contributed by atoms with van der Waals surface area (Å²) in [5, 5.41) is 3.00. The van der Waals surface area contributed by atoms with E-state index in [0.717, 1.165) is 5.69 Å². The minimum atomic E-state index is -0.412. The molecule has 3 nitrogen and oxygen atoms in total. The summed E-state index contributed by atoms with van der Waals surface area (Å²) in [6.07, 6.45) is 3.54. The molecule has 1 aromatic carbocycles. The molecule has 4 N–H and O–H groups in total. The summed E-state index contributed by atoms with van der Waals surface area (Å²) in [6, 6.07) is 6.51. The van der Waals surface area contributed by atoms with Gasteiger partial charge in [-0.25, -0.2) is 4.39 Å². The highest BCUT2D eigenvalue weighted by Crippen LogP contribution is 2.24. The van der Waals surface area contributed by atoms with Crippen molar-refractivity contribution in [2.75, 3.05) is 11.1 Å². The molecule has 0 aliphatic rings. The minimum absolute atomic E-state index is 0.133. The zero-order valence-corrected chi connectivity index (χ0v) is 7.42. The van der Waals surface area contributed by atoms with E-state index >= 15 is 0 Å². The average Bonchev–Trinajstić information content (AvgIpc) is 2.66. The number of nitrogens with one attached hydrogen (secondary N) is 2. The zero-order chi connectivity index (χ0) is 9.97. The van der Waals surface area contributed by atoms with Crippen molar-refractivity contribution in [2.45, 2.75) is 0 Å². The highest BCUT2D eigenvalue weighted by atomic mass is 19.1. The van der Waals surface area contributed by atoms with Gasteiger partial charge in [-0.05, 0) is 18.2 Å². The molecular weight excluding hydrogens is 181 g/mol. The van der Waals surface area contributed by atoms with Gasteiger partial charge in [0.15, 0.2) is 0 Å². The molecule has 0 aliphatic carbocycles. The zero-order valence-electron chi connectivity index (χ0n) is 7.42. The molecule has 0 atom stereocenters. The SMILES string of the molecule is Nc1c(F)cccc1Nc1cc[nH]c1. The molecule has 0 spiro atoms. The number of H-pyrrole nitrogens is 1. The monoisotopic (exact) mass is 191 g/mol. The quantitative estimate of drug-likeness (QED) is 0.639. The Morgan fingerprint density at radius 2 is 2.14 bits per heavy atom. The lowest BCUT2D eigenvalue weighted by molar-refractivity contribution is 0.633. The number of benzene rings is 1. The maximum Gasteiger partial charge on any atom is 0.148 e. The van der Waals surface area contributed by atoms with Crippen LogP contribution in [0, 0.1) is 5.82 Å². The second-order valence-electron chi connectivity index (χ2n) is 2.93. The standard InChI is InChI=1S/C10H10FN3/c11-8-2-1-3-9(10(8)12)14-7-4-5-13-6-7/h1-6,13-14H,12H2. The molecule has 2 aromatic rings. The van der Waals surface area contributed by atoms with Crippen LogP contribution < -0.4 is 11.1 Å². The van der Waals surface area contributed by atoms with E-state index in [2.05, 4.69) is 10.3 Å². The Balaban J connectivity index is 2.29. The lowest BCUT2D eigenvalue weighted by Crippen LogP contribution is -1.97. The number of aromatic amines is 1. The topological polar surface area (TPSA) is 53.8 Å². The molecule has 72 valence electrons. The molecule has 0 bridgehead atoms. The molecule has 4 heteroatoms. The first-order valence-corrected chi connectivity index (χ1v) is 4.21. The number of nitrogen functional groups attached to an aromatic ring is 1. The maximum atomic E-state index is 13.0. The van der Waals surface area contributed by atoms with Crippen molar-refractivity contribution in [3.63, 3.8) is 0 Å². The predicted molar refractivity (Wildman–Crippen MR) is 54.9 cm³/mol. The number of anilines is 3. The molecule has 14 heavy (non-hydrogen) atoms. The Bertz CT molecular complexity index is 423. The molecule has 0 saturated carbocycles. The van der Waals surface area contributed by atoms with Gasteiger partial charge in [-0.1, -0.05) is 6.07 Å². The summed E-state index contributed by atoms with van der Waals surface area (Å²) in [5.41, 5.74) is 7.11. The van der Waals surface area contributed by atoms with Crippen molar-refractivity contribution in [2.24, 2.45) is 0 Å². The Morgan fingerprint density at radius 3 is 2.86 bits per heavy atom. The molecule has 0 radical (unpaired) electrons. The van der Waals surface area contributed by atoms with Crippen LogP contribution in [0.5, 0.6) is 0 Å². The summed E-state index contributed by atoms with van der Waals surface area (Å²) in [6.45, 7) is 0. The molecule has 0 unspecified atom stereocenters. The first-order chi connectivity index (χ1) is 6.77. The van der Waals surface area contributed by atoms with Gasteiger partial charge >= 0.3 is 0 Å². The van der Waals surface area contributed by atoms with Gasteiger partial charge in [0, 0.05) is 12.4 Å². The van der Waals surface area contributed by atoms with E-state index in [9.17, 15) is 4.39 Å². The Hall–Kier alpha value is -1.97. The van der Waals surface area contributed by atoms with Gasteiger partial charge in [0.05, 0.1) is 17.1 Å². The third-order valence-corrected chi connectivity index (χ3v) is 1.93. The van der Waals surface area contributed by atoms with Crippen molar-refractivity contribution in [3.8, 4) is 0 Å². The van der Waals surface area contributed by atoms with Crippen LogP contribution in [0.25, 0.3) is 0 Å². The largest absolute Gasteiger partial charge is 0.395 e. The molecular formula is C10H10FN3. The summed E-state index contributed by atoms with van der Waals surface area (Å²) in [7, 11) is 0. The Morgan fingerprint density at radius 1 is 1.29 bits per heavy atom. The van der Waals surface area contributed by atoms with Crippen LogP contribution in [0.15, 0.2) is 36.7 Å². The van der Waals surface area contributed by atoms with E-state index in [1.165, 1.54) is 6.07 Å². The van der Waals surface area contributed by atoms with Gasteiger partial charge in [-0.2, -0.15) is 0 Å². The molecule has 0 saturated heterocycles. The molecule has 0 aliphatic heterocycles. The molecule has 0 amide bonds. The van der Waals surface area contributed by atoms with E-state index in [1.54, 1.807) is 24.5 Å². The molecule has 2 rings (SSSR count). The first-order valence-electron chi connectivity index (χ1n) is 4.21. The number of aromatic nitrogens is 1.